The maximum Gasteiger partial charge on any atom is 0.420 e. The number of oxazole rings is 1. The van der Waals surface area contributed by atoms with Gasteiger partial charge in [0.05, 0.1) is 17.7 Å². The van der Waals surface area contributed by atoms with E-state index < -0.39 is 5.76 Å². The lowest BCUT2D eigenvalue weighted by atomic mass is 10.2. The Hall–Kier alpha value is -2.12. The van der Waals surface area contributed by atoms with Crippen molar-refractivity contribution in [3.05, 3.63) is 34.8 Å². The molecule has 112 valence electrons. The van der Waals surface area contributed by atoms with Gasteiger partial charge in [0, 0.05) is 20.2 Å². The molecule has 2 atom stereocenters. The highest BCUT2D eigenvalue weighted by Gasteiger charge is 2.28. The van der Waals surface area contributed by atoms with Crippen molar-refractivity contribution >= 4 is 17.0 Å². The zero-order chi connectivity index (χ0) is 14.8. The van der Waals surface area contributed by atoms with Crippen molar-refractivity contribution in [1.29, 1.82) is 0 Å². The number of para-hydroxylation sites is 2. The predicted octanol–water partition coefficient (Wildman–Crippen LogP) is -0.302. The van der Waals surface area contributed by atoms with Crippen LogP contribution in [0.4, 0.5) is 0 Å². The summed E-state index contributed by atoms with van der Waals surface area (Å²) in [5.41, 5.74) is 1.10. The van der Waals surface area contributed by atoms with Crippen LogP contribution in [0.1, 0.15) is 0 Å². The number of fused-ring (bicyclic) bond motifs is 1. The van der Waals surface area contributed by atoms with E-state index in [1.165, 1.54) is 4.57 Å². The fourth-order valence-electron chi connectivity index (χ4n) is 2.61. The Labute approximate surface area is 120 Å². The molecule has 0 bridgehead atoms. The van der Waals surface area contributed by atoms with Gasteiger partial charge < -0.3 is 19.8 Å². The highest BCUT2D eigenvalue weighted by Crippen LogP contribution is 2.11. The zero-order valence-electron chi connectivity index (χ0n) is 11.7. The van der Waals surface area contributed by atoms with Gasteiger partial charge in [0.2, 0.25) is 5.91 Å². The number of carbonyl (C=O) groups excluding carboxylic acids is 1. The smallest absolute Gasteiger partial charge is 0.408 e. The van der Waals surface area contributed by atoms with Crippen molar-refractivity contribution in [1.82, 2.24) is 15.2 Å². The van der Waals surface area contributed by atoms with Gasteiger partial charge in [-0.05, 0) is 12.1 Å². The molecule has 1 amide bonds. The first-order valence-electron chi connectivity index (χ1n) is 6.80. The van der Waals surface area contributed by atoms with Crippen molar-refractivity contribution in [2.45, 2.75) is 18.7 Å². The summed E-state index contributed by atoms with van der Waals surface area (Å²) >= 11 is 0. The van der Waals surface area contributed by atoms with Gasteiger partial charge in [-0.25, -0.2) is 4.79 Å². The quantitative estimate of drug-likeness (QED) is 0.807. The minimum atomic E-state index is -0.529. The molecule has 0 saturated carbocycles. The molecule has 1 aromatic heterocycles. The van der Waals surface area contributed by atoms with Gasteiger partial charge in [0.1, 0.15) is 6.54 Å². The highest BCUT2D eigenvalue weighted by atomic mass is 16.5. The maximum atomic E-state index is 12.1. The van der Waals surface area contributed by atoms with E-state index >= 15 is 0 Å². The van der Waals surface area contributed by atoms with Gasteiger partial charge in [-0.2, -0.15) is 0 Å². The molecule has 1 saturated heterocycles. The lowest BCUT2D eigenvalue weighted by Crippen LogP contribution is -2.45. The number of benzene rings is 1. The largest absolute Gasteiger partial charge is 0.420 e. The van der Waals surface area contributed by atoms with Crippen molar-refractivity contribution in [2.75, 3.05) is 20.2 Å². The molecule has 0 unspecified atom stereocenters. The number of amides is 1. The molecule has 1 aromatic carbocycles. The fraction of sp³-hybridized carbons (Fsp3) is 0.429. The van der Waals surface area contributed by atoms with Crippen LogP contribution >= 0.6 is 0 Å². The number of nitrogens with one attached hydrogen (secondary N) is 2. The SMILES string of the molecule is CO[C@H]1CNC[C@@H]1NC(=O)Cn1c(=O)oc2ccccc21. The Bertz CT molecular complexity index is 706. The zero-order valence-corrected chi connectivity index (χ0v) is 11.7. The van der Waals surface area contributed by atoms with E-state index in [0.717, 1.165) is 0 Å². The standard InChI is InChI=1S/C14H17N3O4/c1-20-12-7-15-6-9(12)16-13(18)8-17-10-4-2-3-5-11(10)21-14(17)19/h2-5,9,12,15H,6-8H2,1H3,(H,16,18)/t9-,12-/m0/s1. The summed E-state index contributed by atoms with van der Waals surface area (Å²) in [7, 11) is 1.62. The summed E-state index contributed by atoms with van der Waals surface area (Å²) in [5, 5.41) is 6.03. The van der Waals surface area contributed by atoms with Gasteiger partial charge in [0.15, 0.2) is 5.58 Å². The molecule has 1 aliphatic heterocycles. The Morgan fingerprint density at radius 1 is 1.48 bits per heavy atom. The molecular formula is C14H17N3O4. The first-order valence-corrected chi connectivity index (χ1v) is 6.80. The van der Waals surface area contributed by atoms with Crippen LogP contribution in [-0.2, 0) is 16.1 Å². The second kappa shape index (κ2) is 5.71. The second-order valence-electron chi connectivity index (χ2n) is 5.03. The van der Waals surface area contributed by atoms with Gasteiger partial charge in [-0.1, -0.05) is 12.1 Å². The topological polar surface area (TPSA) is 85.5 Å². The first kappa shape index (κ1) is 13.8. The van der Waals surface area contributed by atoms with Gasteiger partial charge in [-0.3, -0.25) is 9.36 Å². The summed E-state index contributed by atoms with van der Waals surface area (Å²) in [6.45, 7) is 1.30. The van der Waals surface area contributed by atoms with E-state index in [0.29, 0.717) is 24.2 Å². The second-order valence-corrected chi connectivity index (χ2v) is 5.03. The highest BCUT2D eigenvalue weighted by molar-refractivity contribution is 5.79. The van der Waals surface area contributed by atoms with Gasteiger partial charge >= 0.3 is 5.76 Å². The number of nitrogens with zero attached hydrogens (tertiary/aromatic N) is 1. The molecule has 0 radical (unpaired) electrons. The fourth-order valence-corrected chi connectivity index (χ4v) is 2.61. The number of carbonyl (C=O) groups is 1. The lowest BCUT2D eigenvalue weighted by molar-refractivity contribution is -0.123. The minimum absolute atomic E-state index is 0.0493. The van der Waals surface area contributed by atoms with Crippen LogP contribution in [-0.4, -0.2) is 42.8 Å². The Kier molecular flexibility index (Phi) is 3.76. The van der Waals surface area contributed by atoms with E-state index in [1.54, 1.807) is 31.4 Å². The van der Waals surface area contributed by atoms with E-state index in [4.69, 9.17) is 9.15 Å². The van der Waals surface area contributed by atoms with Crippen molar-refractivity contribution in [2.24, 2.45) is 0 Å². The summed E-state index contributed by atoms with van der Waals surface area (Å²) < 4.78 is 11.7. The van der Waals surface area contributed by atoms with Gasteiger partial charge in [0.25, 0.3) is 0 Å². The van der Waals surface area contributed by atoms with Crippen molar-refractivity contribution < 1.29 is 13.9 Å². The van der Waals surface area contributed by atoms with Crippen LogP contribution in [0.3, 0.4) is 0 Å². The molecule has 2 N–H and O–H groups in total. The molecule has 1 aliphatic rings. The van der Waals surface area contributed by atoms with E-state index in [2.05, 4.69) is 10.6 Å². The third kappa shape index (κ3) is 2.70. The molecule has 7 heteroatoms. The number of methoxy groups -OCH3 is 1. The molecule has 2 aromatic rings. The number of hydrogen-bond acceptors (Lipinski definition) is 5. The van der Waals surface area contributed by atoms with E-state index in [-0.39, 0.29) is 24.6 Å². The number of hydrogen-bond donors (Lipinski definition) is 2. The Morgan fingerprint density at radius 3 is 3.10 bits per heavy atom. The number of ether oxygens (including phenoxy) is 1. The molecule has 0 aliphatic carbocycles. The van der Waals surface area contributed by atoms with Gasteiger partial charge in [-0.15, -0.1) is 0 Å². The maximum absolute atomic E-state index is 12.1. The normalized spacial score (nSPS) is 21.8. The molecule has 2 heterocycles. The molecule has 21 heavy (non-hydrogen) atoms. The van der Waals surface area contributed by atoms with Crippen LogP contribution < -0.4 is 16.4 Å². The van der Waals surface area contributed by atoms with E-state index in [1.807, 2.05) is 0 Å². The molecular weight excluding hydrogens is 274 g/mol. The number of aromatic nitrogens is 1. The Balaban J connectivity index is 1.75. The molecule has 7 nitrogen and oxygen atoms in total. The minimum Gasteiger partial charge on any atom is -0.408 e. The predicted molar refractivity (Wildman–Crippen MR) is 76.1 cm³/mol. The summed E-state index contributed by atoms with van der Waals surface area (Å²) in [4.78, 5) is 23.9. The monoisotopic (exact) mass is 291 g/mol. The third-order valence-electron chi connectivity index (χ3n) is 3.68. The van der Waals surface area contributed by atoms with Crippen LogP contribution in [0, 0.1) is 0 Å². The van der Waals surface area contributed by atoms with Crippen LogP contribution in [0.15, 0.2) is 33.5 Å². The number of rotatable bonds is 4. The lowest BCUT2D eigenvalue weighted by Gasteiger charge is -2.18. The summed E-state index contributed by atoms with van der Waals surface area (Å²) in [5.74, 6) is -0.765. The van der Waals surface area contributed by atoms with Crippen molar-refractivity contribution in [3.8, 4) is 0 Å². The molecule has 1 fully saturated rings. The molecule has 0 spiro atoms. The summed E-state index contributed by atoms with van der Waals surface area (Å²) in [6.07, 6.45) is -0.0493. The molecule has 3 rings (SSSR count). The van der Waals surface area contributed by atoms with Crippen LogP contribution in [0.5, 0.6) is 0 Å². The third-order valence-corrected chi connectivity index (χ3v) is 3.68. The Morgan fingerprint density at radius 2 is 2.29 bits per heavy atom. The van der Waals surface area contributed by atoms with Crippen LogP contribution in [0.2, 0.25) is 0 Å². The van der Waals surface area contributed by atoms with E-state index in [9.17, 15) is 9.59 Å². The first-order chi connectivity index (χ1) is 10.2. The van der Waals surface area contributed by atoms with Crippen LogP contribution in [0.25, 0.3) is 11.1 Å². The average molecular weight is 291 g/mol. The van der Waals surface area contributed by atoms with Crippen molar-refractivity contribution in [3.63, 3.8) is 0 Å². The average Bonchev–Trinajstić information content (AvgIpc) is 3.04. The summed E-state index contributed by atoms with van der Waals surface area (Å²) in [6, 6.07) is 6.95.